The molecule has 1 heterocycles. The normalized spacial score (nSPS) is 10.2. The first-order chi connectivity index (χ1) is 10.6. The summed E-state index contributed by atoms with van der Waals surface area (Å²) in [7, 11) is 0. The molecule has 0 bridgehead atoms. The van der Waals surface area contributed by atoms with Crippen LogP contribution in [0.3, 0.4) is 0 Å². The highest BCUT2D eigenvalue weighted by atomic mass is 79.9. The van der Waals surface area contributed by atoms with Crippen molar-refractivity contribution in [2.45, 2.75) is 7.43 Å². The van der Waals surface area contributed by atoms with Gasteiger partial charge in [0.1, 0.15) is 5.52 Å². The van der Waals surface area contributed by atoms with Crippen molar-refractivity contribution in [2.75, 3.05) is 5.32 Å². The third kappa shape index (κ3) is 3.54. The van der Waals surface area contributed by atoms with Crippen LogP contribution in [0.4, 0.5) is 5.69 Å². The van der Waals surface area contributed by atoms with Gasteiger partial charge in [-0.25, -0.2) is 0 Å². The number of anilines is 1. The number of amides is 1. The minimum Gasteiger partial charge on any atom is -0.505 e. The molecule has 23 heavy (non-hydrogen) atoms. The summed E-state index contributed by atoms with van der Waals surface area (Å²) in [5, 5.41) is 13.8. The monoisotopic (exact) mass is 436 g/mol. The summed E-state index contributed by atoms with van der Waals surface area (Å²) in [6.07, 6.45) is 1.58. The van der Waals surface area contributed by atoms with Gasteiger partial charge >= 0.3 is 0 Å². The van der Waals surface area contributed by atoms with E-state index in [1.807, 2.05) is 18.2 Å². The highest BCUT2D eigenvalue weighted by Gasteiger charge is 2.15. The van der Waals surface area contributed by atoms with Crippen LogP contribution in [-0.2, 0) is 0 Å². The summed E-state index contributed by atoms with van der Waals surface area (Å²) in [5.74, 6) is -0.523. The quantitative estimate of drug-likeness (QED) is 0.567. The van der Waals surface area contributed by atoms with Crippen LogP contribution in [0.25, 0.3) is 10.9 Å². The van der Waals surface area contributed by atoms with Gasteiger partial charge in [-0.2, -0.15) is 0 Å². The number of aromatic hydroxyl groups is 1. The lowest BCUT2D eigenvalue weighted by Gasteiger charge is -2.10. The van der Waals surface area contributed by atoms with Crippen molar-refractivity contribution in [2.24, 2.45) is 0 Å². The van der Waals surface area contributed by atoms with Gasteiger partial charge in [-0.3, -0.25) is 9.78 Å². The van der Waals surface area contributed by atoms with Crippen molar-refractivity contribution in [1.82, 2.24) is 4.98 Å². The molecule has 1 amide bonds. The maximum atomic E-state index is 12.4. The molecular formula is C17H14Br2N2O2. The lowest BCUT2D eigenvalue weighted by molar-refractivity contribution is 0.102. The van der Waals surface area contributed by atoms with E-state index < -0.39 is 5.91 Å². The second-order valence-electron chi connectivity index (χ2n) is 4.62. The first-order valence-corrected chi connectivity index (χ1v) is 7.98. The van der Waals surface area contributed by atoms with Crippen molar-refractivity contribution < 1.29 is 9.90 Å². The standard InChI is InChI=1S/C16H10Br2N2O2.CH4/c17-10-4-6-12(18)13(8-10)20-16(22)11-5-3-9-2-1-7-19-14(9)15(11)21;/h1-8,21H,(H,20,22);1H4. The molecule has 6 heteroatoms. The Morgan fingerprint density at radius 1 is 1.13 bits per heavy atom. The van der Waals surface area contributed by atoms with Gasteiger partial charge in [0.15, 0.2) is 5.75 Å². The lowest BCUT2D eigenvalue weighted by Crippen LogP contribution is -2.12. The third-order valence-corrected chi connectivity index (χ3v) is 4.35. The van der Waals surface area contributed by atoms with E-state index in [-0.39, 0.29) is 18.7 Å². The number of rotatable bonds is 2. The van der Waals surface area contributed by atoms with Crippen molar-refractivity contribution in [3.05, 3.63) is 63.2 Å². The zero-order chi connectivity index (χ0) is 15.7. The molecule has 0 fully saturated rings. The molecule has 0 atom stereocenters. The Labute approximate surface area is 150 Å². The first-order valence-electron chi connectivity index (χ1n) is 6.39. The van der Waals surface area contributed by atoms with Crippen LogP contribution in [0.5, 0.6) is 5.75 Å². The van der Waals surface area contributed by atoms with Gasteiger partial charge in [0, 0.05) is 20.5 Å². The molecule has 3 aromatic rings. The van der Waals surface area contributed by atoms with Gasteiger partial charge in [-0.15, -0.1) is 0 Å². The minimum absolute atomic E-state index is 0. The molecule has 118 valence electrons. The number of benzene rings is 2. The molecule has 4 nitrogen and oxygen atoms in total. The molecule has 0 unspecified atom stereocenters. The molecule has 0 radical (unpaired) electrons. The van der Waals surface area contributed by atoms with Crippen molar-refractivity contribution in [3.63, 3.8) is 0 Å². The van der Waals surface area contributed by atoms with E-state index in [1.165, 1.54) is 0 Å². The van der Waals surface area contributed by atoms with Crippen molar-refractivity contribution in [1.29, 1.82) is 0 Å². The van der Waals surface area contributed by atoms with E-state index >= 15 is 0 Å². The number of halogens is 2. The lowest BCUT2D eigenvalue weighted by atomic mass is 10.1. The maximum Gasteiger partial charge on any atom is 0.259 e. The largest absolute Gasteiger partial charge is 0.505 e. The summed E-state index contributed by atoms with van der Waals surface area (Å²) in [4.78, 5) is 16.5. The summed E-state index contributed by atoms with van der Waals surface area (Å²) >= 11 is 6.74. The number of carbonyl (C=O) groups is 1. The van der Waals surface area contributed by atoms with E-state index in [9.17, 15) is 9.90 Å². The number of aromatic nitrogens is 1. The molecule has 0 spiro atoms. The number of carbonyl (C=O) groups excluding carboxylic acids is 1. The molecular weight excluding hydrogens is 424 g/mol. The Morgan fingerprint density at radius 2 is 1.91 bits per heavy atom. The third-order valence-electron chi connectivity index (χ3n) is 3.17. The average Bonchev–Trinajstić information content (AvgIpc) is 2.51. The molecule has 2 aromatic carbocycles. The van der Waals surface area contributed by atoms with Crippen molar-refractivity contribution in [3.8, 4) is 5.75 Å². The SMILES string of the molecule is C.O=C(Nc1cc(Br)ccc1Br)c1ccc2cccnc2c1O. The number of nitrogens with one attached hydrogen (secondary N) is 1. The molecule has 0 aliphatic carbocycles. The van der Waals surface area contributed by atoms with Gasteiger partial charge in [-0.05, 0) is 46.3 Å². The van der Waals surface area contributed by atoms with Gasteiger partial charge in [0.05, 0.1) is 11.3 Å². The zero-order valence-corrected chi connectivity index (χ0v) is 14.3. The fraction of sp³-hybridized carbons (Fsp3) is 0.0588. The number of hydrogen-bond donors (Lipinski definition) is 2. The Morgan fingerprint density at radius 3 is 2.70 bits per heavy atom. The summed E-state index contributed by atoms with van der Waals surface area (Å²) < 4.78 is 1.60. The molecule has 2 N–H and O–H groups in total. The topological polar surface area (TPSA) is 62.2 Å². The van der Waals surface area contributed by atoms with Crippen LogP contribution in [0.2, 0.25) is 0 Å². The minimum atomic E-state index is -0.399. The van der Waals surface area contributed by atoms with Crippen LogP contribution in [0, 0.1) is 0 Å². The van der Waals surface area contributed by atoms with E-state index in [0.717, 1.165) is 14.3 Å². The Balaban J connectivity index is 0.00000192. The molecule has 0 aliphatic heterocycles. The molecule has 0 aliphatic rings. The predicted octanol–water partition coefficient (Wildman–Crippen LogP) is 5.35. The number of fused-ring (bicyclic) bond motifs is 1. The van der Waals surface area contributed by atoms with Crippen LogP contribution >= 0.6 is 31.9 Å². The van der Waals surface area contributed by atoms with Crippen LogP contribution < -0.4 is 5.32 Å². The van der Waals surface area contributed by atoms with Gasteiger partial charge in [0.2, 0.25) is 0 Å². The molecule has 1 aromatic heterocycles. The van der Waals surface area contributed by atoms with Crippen LogP contribution in [0.1, 0.15) is 17.8 Å². The Hall–Kier alpha value is -1.92. The maximum absolute atomic E-state index is 12.4. The van der Waals surface area contributed by atoms with Crippen LogP contribution in [0.15, 0.2) is 57.6 Å². The van der Waals surface area contributed by atoms with E-state index in [2.05, 4.69) is 42.2 Å². The van der Waals surface area contributed by atoms with Gasteiger partial charge < -0.3 is 10.4 Å². The highest BCUT2D eigenvalue weighted by Crippen LogP contribution is 2.30. The molecule has 0 saturated heterocycles. The predicted molar refractivity (Wildman–Crippen MR) is 99.9 cm³/mol. The summed E-state index contributed by atoms with van der Waals surface area (Å²) in [6.45, 7) is 0. The zero-order valence-electron chi connectivity index (χ0n) is 11.2. The number of pyridine rings is 1. The highest BCUT2D eigenvalue weighted by molar-refractivity contribution is 9.11. The Kier molecular flexibility index (Phi) is 5.38. The molecule has 0 saturated carbocycles. The van der Waals surface area contributed by atoms with Crippen molar-refractivity contribution >= 4 is 54.4 Å². The smallest absolute Gasteiger partial charge is 0.259 e. The number of nitrogens with zero attached hydrogens (tertiary/aromatic N) is 1. The number of phenols is 1. The Bertz CT molecular complexity index is 882. The van der Waals surface area contributed by atoms with E-state index in [1.54, 1.807) is 30.5 Å². The average molecular weight is 438 g/mol. The summed E-state index contributed by atoms with van der Waals surface area (Å²) in [6, 6.07) is 12.4. The number of hydrogen-bond acceptors (Lipinski definition) is 3. The fourth-order valence-electron chi connectivity index (χ4n) is 2.10. The molecule has 3 rings (SSSR count). The van der Waals surface area contributed by atoms with Gasteiger partial charge in [0.25, 0.3) is 5.91 Å². The van der Waals surface area contributed by atoms with Gasteiger partial charge in [-0.1, -0.05) is 35.5 Å². The first kappa shape index (κ1) is 17.4. The number of phenolic OH excluding ortho intramolecular Hbond substituents is 1. The fourth-order valence-corrected chi connectivity index (χ4v) is 2.80. The van der Waals surface area contributed by atoms with Crippen LogP contribution in [-0.4, -0.2) is 16.0 Å². The second kappa shape index (κ2) is 7.10. The second-order valence-corrected chi connectivity index (χ2v) is 6.39. The summed E-state index contributed by atoms with van der Waals surface area (Å²) in [5.41, 5.74) is 1.20. The van der Waals surface area contributed by atoms with E-state index in [0.29, 0.717) is 11.2 Å². The van der Waals surface area contributed by atoms with E-state index in [4.69, 9.17) is 0 Å².